The molecule has 0 aromatic heterocycles. The molecule has 14 heavy (non-hydrogen) atoms. The molecular formula is C11H14FNO. The Bertz CT molecular complexity index is 321. The molecule has 0 amide bonds. The summed E-state index contributed by atoms with van der Waals surface area (Å²) in [7, 11) is 1.58. The summed E-state index contributed by atoms with van der Waals surface area (Å²) in [6.07, 6.45) is 2.27. The highest BCUT2D eigenvalue weighted by Gasteiger charge is 2.19. The van der Waals surface area contributed by atoms with E-state index in [4.69, 9.17) is 4.74 Å². The zero-order valence-electron chi connectivity index (χ0n) is 8.22. The van der Waals surface area contributed by atoms with Crippen LogP contribution in [0.3, 0.4) is 0 Å². The maximum absolute atomic E-state index is 12.9. The molecule has 1 aliphatic heterocycles. The molecule has 2 rings (SSSR count). The molecule has 1 aliphatic rings. The summed E-state index contributed by atoms with van der Waals surface area (Å²) >= 11 is 0. The maximum atomic E-state index is 12.9. The van der Waals surface area contributed by atoms with Gasteiger partial charge in [-0.1, -0.05) is 6.07 Å². The minimum atomic E-state index is -0.247. The second-order valence-electron chi connectivity index (χ2n) is 3.54. The van der Waals surface area contributed by atoms with Gasteiger partial charge in [0, 0.05) is 17.7 Å². The number of nitrogens with one attached hydrogen (secondary N) is 1. The van der Waals surface area contributed by atoms with E-state index >= 15 is 0 Å². The summed E-state index contributed by atoms with van der Waals surface area (Å²) in [5.74, 6) is 0.396. The van der Waals surface area contributed by atoms with Crippen LogP contribution in [0.1, 0.15) is 24.4 Å². The molecule has 1 unspecified atom stereocenters. The van der Waals surface area contributed by atoms with Crippen LogP contribution in [-0.4, -0.2) is 13.7 Å². The van der Waals surface area contributed by atoms with E-state index in [0.29, 0.717) is 11.8 Å². The van der Waals surface area contributed by atoms with E-state index in [9.17, 15) is 4.39 Å². The van der Waals surface area contributed by atoms with E-state index < -0.39 is 0 Å². The first-order valence-corrected chi connectivity index (χ1v) is 4.88. The normalized spacial score (nSPS) is 21.1. The third-order valence-electron chi connectivity index (χ3n) is 2.63. The molecule has 0 aliphatic carbocycles. The van der Waals surface area contributed by atoms with Crippen molar-refractivity contribution in [1.29, 1.82) is 0 Å². The second-order valence-corrected chi connectivity index (χ2v) is 3.54. The summed E-state index contributed by atoms with van der Waals surface area (Å²) in [5, 5.41) is 3.36. The fourth-order valence-electron chi connectivity index (χ4n) is 1.92. The number of hydrogen-bond donors (Lipinski definition) is 1. The van der Waals surface area contributed by atoms with Crippen molar-refractivity contribution >= 4 is 0 Å². The van der Waals surface area contributed by atoms with Crippen molar-refractivity contribution in [3.05, 3.63) is 29.6 Å². The minimum absolute atomic E-state index is 0.247. The Labute approximate surface area is 83.1 Å². The first-order chi connectivity index (χ1) is 6.81. The van der Waals surface area contributed by atoms with Gasteiger partial charge in [0.15, 0.2) is 0 Å². The van der Waals surface area contributed by atoms with Gasteiger partial charge in [-0.15, -0.1) is 0 Å². The third kappa shape index (κ3) is 1.73. The largest absolute Gasteiger partial charge is 0.496 e. The molecule has 1 aromatic rings. The molecule has 76 valence electrons. The number of rotatable bonds is 2. The van der Waals surface area contributed by atoms with Gasteiger partial charge in [-0.2, -0.15) is 0 Å². The number of ether oxygens (including phenoxy) is 1. The van der Waals surface area contributed by atoms with Crippen LogP contribution < -0.4 is 10.1 Å². The van der Waals surface area contributed by atoms with Gasteiger partial charge in [-0.05, 0) is 25.5 Å². The molecule has 1 aromatic carbocycles. The van der Waals surface area contributed by atoms with Crippen LogP contribution in [0.2, 0.25) is 0 Å². The maximum Gasteiger partial charge on any atom is 0.126 e. The molecule has 3 heteroatoms. The standard InChI is InChI=1S/C11H14FNO/c1-14-11-7-8(12)4-5-9(11)10-3-2-6-13-10/h4-5,7,10,13H,2-3,6H2,1H3. The van der Waals surface area contributed by atoms with Gasteiger partial charge in [-0.3, -0.25) is 0 Å². The number of halogens is 1. The van der Waals surface area contributed by atoms with E-state index in [-0.39, 0.29) is 5.82 Å². The summed E-state index contributed by atoms with van der Waals surface area (Å²) in [6.45, 7) is 1.03. The molecule has 1 heterocycles. The zero-order chi connectivity index (χ0) is 9.97. The van der Waals surface area contributed by atoms with Crippen LogP contribution in [-0.2, 0) is 0 Å². The van der Waals surface area contributed by atoms with Gasteiger partial charge in [0.25, 0.3) is 0 Å². The topological polar surface area (TPSA) is 21.3 Å². The van der Waals surface area contributed by atoms with Crippen LogP contribution in [0.4, 0.5) is 4.39 Å². The molecule has 1 fully saturated rings. The van der Waals surface area contributed by atoms with Crippen molar-refractivity contribution < 1.29 is 9.13 Å². The van der Waals surface area contributed by atoms with E-state index in [2.05, 4.69) is 5.32 Å². The molecule has 1 atom stereocenters. The van der Waals surface area contributed by atoms with Gasteiger partial charge >= 0.3 is 0 Å². The lowest BCUT2D eigenvalue weighted by Crippen LogP contribution is -2.13. The van der Waals surface area contributed by atoms with Gasteiger partial charge in [0.05, 0.1) is 7.11 Å². The Kier molecular flexibility index (Phi) is 2.68. The number of hydrogen-bond acceptors (Lipinski definition) is 2. The highest BCUT2D eigenvalue weighted by atomic mass is 19.1. The fourth-order valence-corrected chi connectivity index (χ4v) is 1.92. The van der Waals surface area contributed by atoms with Crippen LogP contribution in [0.5, 0.6) is 5.75 Å². The lowest BCUT2D eigenvalue weighted by atomic mass is 10.0. The van der Waals surface area contributed by atoms with E-state index in [1.165, 1.54) is 18.6 Å². The molecule has 0 spiro atoms. The quantitative estimate of drug-likeness (QED) is 0.781. The van der Waals surface area contributed by atoms with Gasteiger partial charge in [0.1, 0.15) is 11.6 Å². The lowest BCUT2D eigenvalue weighted by molar-refractivity contribution is 0.400. The van der Waals surface area contributed by atoms with Crippen molar-refractivity contribution in [3.8, 4) is 5.75 Å². The zero-order valence-corrected chi connectivity index (χ0v) is 8.22. The first-order valence-electron chi connectivity index (χ1n) is 4.88. The SMILES string of the molecule is COc1cc(F)ccc1C1CCCN1. The third-order valence-corrected chi connectivity index (χ3v) is 2.63. The van der Waals surface area contributed by atoms with Crippen LogP contribution in [0.25, 0.3) is 0 Å². The van der Waals surface area contributed by atoms with Crippen molar-refractivity contribution in [2.24, 2.45) is 0 Å². The average molecular weight is 195 g/mol. The van der Waals surface area contributed by atoms with Crippen LogP contribution >= 0.6 is 0 Å². The summed E-state index contributed by atoms with van der Waals surface area (Å²) in [4.78, 5) is 0. The van der Waals surface area contributed by atoms with E-state index in [1.54, 1.807) is 13.2 Å². The van der Waals surface area contributed by atoms with Crippen LogP contribution in [0.15, 0.2) is 18.2 Å². The first kappa shape index (κ1) is 9.46. The summed E-state index contributed by atoms with van der Waals surface area (Å²) in [5.41, 5.74) is 1.06. The summed E-state index contributed by atoms with van der Waals surface area (Å²) in [6, 6.07) is 5.05. The molecule has 0 bridgehead atoms. The van der Waals surface area contributed by atoms with E-state index in [0.717, 1.165) is 18.5 Å². The predicted molar refractivity (Wildman–Crippen MR) is 52.9 cm³/mol. The predicted octanol–water partition coefficient (Wildman–Crippen LogP) is 2.26. The molecule has 0 radical (unpaired) electrons. The van der Waals surface area contributed by atoms with Gasteiger partial charge < -0.3 is 10.1 Å². The molecule has 1 N–H and O–H groups in total. The fraction of sp³-hybridized carbons (Fsp3) is 0.455. The molecular weight excluding hydrogens is 181 g/mol. The summed E-state index contributed by atoms with van der Waals surface area (Å²) < 4.78 is 18.1. The highest BCUT2D eigenvalue weighted by Crippen LogP contribution is 2.31. The van der Waals surface area contributed by atoms with Gasteiger partial charge in [-0.25, -0.2) is 4.39 Å². The Balaban J connectivity index is 2.31. The smallest absolute Gasteiger partial charge is 0.126 e. The average Bonchev–Trinajstić information content (AvgIpc) is 2.70. The van der Waals surface area contributed by atoms with Crippen molar-refractivity contribution in [3.63, 3.8) is 0 Å². The number of methoxy groups -OCH3 is 1. The Morgan fingerprint density at radius 1 is 1.50 bits per heavy atom. The second kappa shape index (κ2) is 3.96. The molecule has 2 nitrogen and oxygen atoms in total. The molecule has 0 saturated carbocycles. The van der Waals surface area contributed by atoms with Crippen molar-refractivity contribution in [1.82, 2.24) is 5.32 Å². The Hall–Kier alpha value is -1.09. The van der Waals surface area contributed by atoms with Crippen LogP contribution in [0, 0.1) is 5.82 Å². The van der Waals surface area contributed by atoms with Crippen molar-refractivity contribution in [2.45, 2.75) is 18.9 Å². The lowest BCUT2D eigenvalue weighted by Gasteiger charge is -2.14. The monoisotopic (exact) mass is 195 g/mol. The van der Waals surface area contributed by atoms with Crippen molar-refractivity contribution in [2.75, 3.05) is 13.7 Å². The Morgan fingerprint density at radius 3 is 3.00 bits per heavy atom. The van der Waals surface area contributed by atoms with E-state index in [1.807, 2.05) is 0 Å². The number of benzene rings is 1. The minimum Gasteiger partial charge on any atom is -0.496 e. The van der Waals surface area contributed by atoms with Gasteiger partial charge in [0.2, 0.25) is 0 Å². The Morgan fingerprint density at radius 2 is 2.36 bits per heavy atom. The highest BCUT2D eigenvalue weighted by molar-refractivity contribution is 5.36. The molecule has 1 saturated heterocycles.